The Hall–Kier alpha value is -1.98. The van der Waals surface area contributed by atoms with E-state index in [0.29, 0.717) is 10.7 Å². The maximum Gasteiger partial charge on any atom is 0.260 e. The van der Waals surface area contributed by atoms with Crippen molar-refractivity contribution in [3.8, 4) is 11.3 Å². The second-order valence-electron chi connectivity index (χ2n) is 4.02. The highest BCUT2D eigenvalue weighted by Crippen LogP contribution is 2.29. The third-order valence-corrected chi connectivity index (χ3v) is 3.57. The lowest BCUT2D eigenvalue weighted by Gasteiger charge is -1.95. The van der Waals surface area contributed by atoms with E-state index in [1.54, 1.807) is 12.1 Å². The molecule has 1 aliphatic rings. The van der Waals surface area contributed by atoms with Gasteiger partial charge in [0.2, 0.25) is 0 Å². The molecule has 1 aliphatic heterocycles. The summed E-state index contributed by atoms with van der Waals surface area (Å²) in [6.07, 6.45) is 1.63. The quantitative estimate of drug-likeness (QED) is 0.825. The van der Waals surface area contributed by atoms with Crippen LogP contribution < -0.4 is 5.32 Å². The zero-order valence-electron chi connectivity index (χ0n) is 9.87. The van der Waals surface area contributed by atoms with Crippen LogP contribution >= 0.6 is 11.8 Å². The minimum Gasteiger partial charge on any atom is -0.457 e. The fourth-order valence-electron chi connectivity index (χ4n) is 1.80. The van der Waals surface area contributed by atoms with Gasteiger partial charge in [-0.3, -0.25) is 4.79 Å². The minimum absolute atomic E-state index is 0.282. The number of benzene rings is 1. The summed E-state index contributed by atoms with van der Waals surface area (Å²) in [7, 11) is 0. The Morgan fingerprint density at radius 2 is 2.00 bits per heavy atom. The maximum atomic E-state index is 11.5. The van der Waals surface area contributed by atoms with Crippen LogP contribution in [0.15, 0.2) is 51.8 Å². The molecule has 1 aromatic carbocycles. The van der Waals surface area contributed by atoms with Crippen LogP contribution in [0, 0.1) is 0 Å². The fraction of sp³-hybridized carbons (Fsp3) is 0.0714. The first-order valence-corrected chi connectivity index (χ1v) is 6.63. The third kappa shape index (κ3) is 2.57. The molecule has 1 fully saturated rings. The van der Waals surface area contributed by atoms with E-state index in [1.165, 1.54) is 0 Å². The van der Waals surface area contributed by atoms with Crippen LogP contribution in [0.1, 0.15) is 5.76 Å². The van der Waals surface area contributed by atoms with Crippen molar-refractivity contribution >= 4 is 23.7 Å². The van der Waals surface area contributed by atoms with Gasteiger partial charge in [0, 0.05) is 11.6 Å². The lowest BCUT2D eigenvalue weighted by atomic mass is 10.2. The predicted octanol–water partition coefficient (Wildman–Crippen LogP) is 2.43. The van der Waals surface area contributed by atoms with Gasteiger partial charge in [0.05, 0.1) is 4.91 Å². The second-order valence-corrected chi connectivity index (χ2v) is 5.14. The number of aliphatic hydroxyl groups is 1. The first-order chi connectivity index (χ1) is 9.22. The number of carbonyl (C=O) groups excluding carboxylic acids is 1. The molecule has 3 rings (SSSR count). The van der Waals surface area contributed by atoms with Crippen LogP contribution in [0.2, 0.25) is 0 Å². The molecule has 0 bridgehead atoms. The van der Waals surface area contributed by atoms with Crippen molar-refractivity contribution in [2.24, 2.45) is 0 Å². The number of nitrogens with one attached hydrogen (secondary N) is 1. The predicted molar refractivity (Wildman–Crippen MR) is 73.9 cm³/mol. The van der Waals surface area contributed by atoms with E-state index in [0.717, 1.165) is 23.1 Å². The van der Waals surface area contributed by atoms with Crippen molar-refractivity contribution < 1.29 is 14.3 Å². The Kier molecular flexibility index (Phi) is 3.15. The van der Waals surface area contributed by atoms with E-state index >= 15 is 0 Å². The van der Waals surface area contributed by atoms with Gasteiger partial charge in [-0.2, -0.15) is 0 Å². The number of hydrogen-bond acceptors (Lipinski definition) is 4. The van der Waals surface area contributed by atoms with Crippen molar-refractivity contribution in [2.75, 3.05) is 0 Å². The average molecular weight is 273 g/mol. The topological polar surface area (TPSA) is 62.5 Å². The molecular formula is C14H11NO3S. The lowest BCUT2D eigenvalue weighted by Crippen LogP contribution is -2.23. The highest BCUT2D eigenvalue weighted by molar-refractivity contribution is 8.05. The van der Waals surface area contributed by atoms with Gasteiger partial charge in [0.25, 0.3) is 5.91 Å². The fourth-order valence-corrected chi connectivity index (χ4v) is 2.56. The molecule has 1 atom stereocenters. The smallest absolute Gasteiger partial charge is 0.260 e. The molecule has 2 heterocycles. The minimum atomic E-state index is -0.873. The summed E-state index contributed by atoms with van der Waals surface area (Å²) in [6, 6.07) is 13.4. The monoisotopic (exact) mass is 273 g/mol. The van der Waals surface area contributed by atoms with Gasteiger partial charge in [-0.05, 0) is 12.1 Å². The Bertz CT molecular complexity index is 633. The van der Waals surface area contributed by atoms with Gasteiger partial charge in [-0.25, -0.2) is 0 Å². The number of furan rings is 1. The summed E-state index contributed by atoms with van der Waals surface area (Å²) >= 11 is 1.07. The molecule has 2 aromatic rings. The molecule has 5 heteroatoms. The van der Waals surface area contributed by atoms with E-state index < -0.39 is 5.56 Å². The molecule has 1 unspecified atom stereocenters. The summed E-state index contributed by atoms with van der Waals surface area (Å²) in [5.41, 5.74) is 0.109. The van der Waals surface area contributed by atoms with Crippen LogP contribution in [0.3, 0.4) is 0 Å². The number of thioether (sulfide) groups is 1. The summed E-state index contributed by atoms with van der Waals surface area (Å²) in [5, 5.41) is 11.7. The molecule has 2 N–H and O–H groups in total. The van der Waals surface area contributed by atoms with Crippen LogP contribution in [0.25, 0.3) is 17.4 Å². The van der Waals surface area contributed by atoms with Crippen molar-refractivity contribution in [1.82, 2.24) is 5.32 Å². The highest BCUT2D eigenvalue weighted by atomic mass is 32.2. The summed E-state index contributed by atoms with van der Waals surface area (Å²) < 4.78 is 5.66. The summed E-state index contributed by atoms with van der Waals surface area (Å²) in [4.78, 5) is 11.9. The van der Waals surface area contributed by atoms with Gasteiger partial charge in [0.1, 0.15) is 11.5 Å². The van der Waals surface area contributed by atoms with Gasteiger partial charge in [0.15, 0.2) is 5.56 Å². The van der Waals surface area contributed by atoms with E-state index in [4.69, 9.17) is 4.42 Å². The Morgan fingerprint density at radius 3 is 2.68 bits per heavy atom. The third-order valence-electron chi connectivity index (χ3n) is 2.68. The number of rotatable bonds is 2. The number of aliphatic hydroxyl groups excluding tert-OH is 1. The maximum absolute atomic E-state index is 11.5. The lowest BCUT2D eigenvalue weighted by molar-refractivity contribution is -0.117. The molecule has 1 aromatic heterocycles. The molecule has 0 saturated carbocycles. The number of carbonyl (C=O) groups is 1. The number of hydrogen-bond donors (Lipinski definition) is 2. The van der Waals surface area contributed by atoms with Gasteiger partial charge >= 0.3 is 0 Å². The Balaban J connectivity index is 1.87. The molecule has 1 amide bonds. The van der Waals surface area contributed by atoms with E-state index in [9.17, 15) is 9.90 Å². The highest BCUT2D eigenvalue weighted by Gasteiger charge is 2.25. The summed E-state index contributed by atoms with van der Waals surface area (Å²) in [6.45, 7) is 0. The second kappa shape index (κ2) is 4.95. The van der Waals surface area contributed by atoms with Crippen LogP contribution in [-0.4, -0.2) is 16.6 Å². The molecule has 4 nitrogen and oxygen atoms in total. The van der Waals surface area contributed by atoms with Gasteiger partial charge in [-0.1, -0.05) is 42.1 Å². The molecule has 1 saturated heterocycles. The van der Waals surface area contributed by atoms with E-state index in [2.05, 4.69) is 5.32 Å². The van der Waals surface area contributed by atoms with Crippen molar-refractivity contribution in [1.29, 1.82) is 0 Å². The SMILES string of the molecule is O=C1NC(O)S/C1=C\c1ccc(-c2ccccc2)o1. The zero-order valence-corrected chi connectivity index (χ0v) is 10.7. The van der Waals surface area contributed by atoms with Crippen LogP contribution in [-0.2, 0) is 4.79 Å². The van der Waals surface area contributed by atoms with E-state index in [1.807, 2.05) is 36.4 Å². The normalized spacial score (nSPS) is 20.8. The Morgan fingerprint density at radius 1 is 1.21 bits per heavy atom. The Labute approximate surface area is 114 Å². The molecule has 0 aliphatic carbocycles. The number of amides is 1. The molecule has 96 valence electrons. The van der Waals surface area contributed by atoms with Crippen molar-refractivity contribution in [3.05, 3.63) is 53.1 Å². The van der Waals surface area contributed by atoms with Crippen molar-refractivity contribution in [2.45, 2.75) is 5.56 Å². The van der Waals surface area contributed by atoms with E-state index in [-0.39, 0.29) is 5.91 Å². The first-order valence-electron chi connectivity index (χ1n) is 5.75. The average Bonchev–Trinajstić information content (AvgIpc) is 2.99. The van der Waals surface area contributed by atoms with Gasteiger partial charge < -0.3 is 14.8 Å². The summed E-state index contributed by atoms with van der Waals surface area (Å²) in [5.74, 6) is 1.05. The molecule has 0 spiro atoms. The van der Waals surface area contributed by atoms with Gasteiger partial charge in [-0.15, -0.1) is 0 Å². The molecular weight excluding hydrogens is 262 g/mol. The largest absolute Gasteiger partial charge is 0.457 e. The molecule has 0 radical (unpaired) electrons. The standard InChI is InChI=1S/C14H11NO3S/c16-13-12(19-14(17)15-13)8-10-6-7-11(18-10)9-4-2-1-3-5-9/h1-8,14,17H,(H,15,16)/b12-8-. The van der Waals surface area contributed by atoms with Crippen molar-refractivity contribution in [3.63, 3.8) is 0 Å². The molecule has 19 heavy (non-hydrogen) atoms. The first kappa shape index (κ1) is 12.1. The van der Waals surface area contributed by atoms with Crippen LogP contribution in [0.4, 0.5) is 0 Å². The zero-order chi connectivity index (χ0) is 13.2. The van der Waals surface area contributed by atoms with Crippen LogP contribution in [0.5, 0.6) is 0 Å².